The minimum absolute atomic E-state index is 0.106. The predicted molar refractivity (Wildman–Crippen MR) is 47.4 cm³/mol. The SMILES string of the molecule is O=C(O)CCc1cc(O)c(O)cc1O. The Hall–Kier alpha value is -1.91. The smallest absolute Gasteiger partial charge is 0.303 e. The number of aryl methyl sites for hydroxylation is 1. The van der Waals surface area contributed by atoms with E-state index in [9.17, 15) is 9.90 Å². The summed E-state index contributed by atoms with van der Waals surface area (Å²) in [7, 11) is 0. The second-order valence-corrected chi connectivity index (χ2v) is 2.86. The molecule has 4 N–H and O–H groups in total. The summed E-state index contributed by atoms with van der Waals surface area (Å²) < 4.78 is 0. The largest absolute Gasteiger partial charge is 0.508 e. The topological polar surface area (TPSA) is 98.0 Å². The van der Waals surface area contributed by atoms with Gasteiger partial charge in [-0.15, -0.1) is 0 Å². The molecule has 14 heavy (non-hydrogen) atoms. The van der Waals surface area contributed by atoms with Crippen molar-refractivity contribution in [2.24, 2.45) is 0 Å². The van der Waals surface area contributed by atoms with Crippen LogP contribution < -0.4 is 0 Å². The Balaban J connectivity index is 2.87. The highest BCUT2D eigenvalue weighted by Gasteiger charge is 2.08. The highest BCUT2D eigenvalue weighted by Crippen LogP contribution is 2.32. The zero-order chi connectivity index (χ0) is 10.7. The van der Waals surface area contributed by atoms with E-state index in [1.165, 1.54) is 0 Å². The van der Waals surface area contributed by atoms with Crippen LogP contribution in [0.3, 0.4) is 0 Å². The van der Waals surface area contributed by atoms with Crippen LogP contribution in [0.4, 0.5) is 0 Å². The van der Waals surface area contributed by atoms with Crippen LogP contribution in [0.2, 0.25) is 0 Å². The molecule has 0 fully saturated rings. The summed E-state index contributed by atoms with van der Waals surface area (Å²) in [5.74, 6) is -2.01. The molecule has 0 aliphatic heterocycles. The summed E-state index contributed by atoms with van der Waals surface area (Å²) in [5.41, 5.74) is 0.294. The van der Waals surface area contributed by atoms with Crippen molar-refractivity contribution >= 4 is 5.97 Å². The first-order valence-electron chi connectivity index (χ1n) is 3.96. The number of carboxylic acid groups (broad SMARTS) is 1. The Morgan fingerprint density at radius 3 is 2.21 bits per heavy atom. The van der Waals surface area contributed by atoms with E-state index in [4.69, 9.17) is 15.3 Å². The first-order valence-corrected chi connectivity index (χ1v) is 3.96. The molecule has 5 heteroatoms. The second-order valence-electron chi connectivity index (χ2n) is 2.86. The number of aromatic hydroxyl groups is 3. The summed E-state index contributed by atoms with van der Waals surface area (Å²) in [5, 5.41) is 35.7. The molecule has 0 atom stereocenters. The number of hydrogen-bond donors (Lipinski definition) is 4. The minimum Gasteiger partial charge on any atom is -0.508 e. The lowest BCUT2D eigenvalue weighted by atomic mass is 10.1. The van der Waals surface area contributed by atoms with Crippen LogP contribution in [0.15, 0.2) is 12.1 Å². The molecule has 0 saturated heterocycles. The molecule has 1 rings (SSSR count). The summed E-state index contributed by atoms with van der Waals surface area (Å²) >= 11 is 0. The minimum atomic E-state index is -0.989. The van der Waals surface area contributed by atoms with Gasteiger partial charge in [0.1, 0.15) is 5.75 Å². The van der Waals surface area contributed by atoms with Crippen molar-refractivity contribution < 1.29 is 25.2 Å². The number of benzene rings is 1. The molecule has 0 unspecified atom stereocenters. The molecule has 0 heterocycles. The molecule has 1 aromatic carbocycles. The third kappa shape index (κ3) is 2.29. The quantitative estimate of drug-likeness (QED) is 0.425. The molecule has 0 amide bonds. The average molecular weight is 198 g/mol. The molecule has 76 valence electrons. The van der Waals surface area contributed by atoms with E-state index in [0.29, 0.717) is 5.56 Å². The zero-order valence-electron chi connectivity index (χ0n) is 7.27. The van der Waals surface area contributed by atoms with Crippen LogP contribution in [0.1, 0.15) is 12.0 Å². The van der Waals surface area contributed by atoms with Gasteiger partial charge in [-0.2, -0.15) is 0 Å². The molecule has 0 aliphatic rings. The molecule has 0 aromatic heterocycles. The van der Waals surface area contributed by atoms with Gasteiger partial charge in [0.25, 0.3) is 0 Å². The molecule has 1 aromatic rings. The van der Waals surface area contributed by atoms with E-state index in [2.05, 4.69) is 0 Å². The molecule has 0 aliphatic carbocycles. The van der Waals surface area contributed by atoms with Crippen molar-refractivity contribution in [1.82, 2.24) is 0 Å². The van der Waals surface area contributed by atoms with Gasteiger partial charge in [-0.3, -0.25) is 4.79 Å². The van der Waals surface area contributed by atoms with Gasteiger partial charge in [0.15, 0.2) is 11.5 Å². The van der Waals surface area contributed by atoms with Crippen LogP contribution in [0.5, 0.6) is 17.2 Å². The number of carboxylic acids is 1. The number of phenols is 3. The van der Waals surface area contributed by atoms with Crippen molar-refractivity contribution in [2.75, 3.05) is 0 Å². The lowest BCUT2D eigenvalue weighted by molar-refractivity contribution is -0.136. The number of aliphatic carboxylic acids is 1. The first kappa shape index (κ1) is 10.2. The average Bonchev–Trinajstić information content (AvgIpc) is 2.09. The van der Waals surface area contributed by atoms with Gasteiger partial charge in [0.05, 0.1) is 0 Å². The fraction of sp³-hybridized carbons (Fsp3) is 0.222. The highest BCUT2D eigenvalue weighted by atomic mass is 16.4. The third-order valence-electron chi connectivity index (χ3n) is 1.78. The van der Waals surface area contributed by atoms with Crippen LogP contribution >= 0.6 is 0 Å². The highest BCUT2D eigenvalue weighted by molar-refractivity contribution is 5.67. The van der Waals surface area contributed by atoms with Gasteiger partial charge in [0.2, 0.25) is 0 Å². The Morgan fingerprint density at radius 2 is 1.64 bits per heavy atom. The van der Waals surface area contributed by atoms with Crippen molar-refractivity contribution in [3.63, 3.8) is 0 Å². The number of rotatable bonds is 3. The first-order chi connectivity index (χ1) is 6.50. The fourth-order valence-electron chi connectivity index (χ4n) is 1.05. The van der Waals surface area contributed by atoms with Crippen molar-refractivity contribution in [3.05, 3.63) is 17.7 Å². The number of hydrogen-bond acceptors (Lipinski definition) is 4. The van der Waals surface area contributed by atoms with Crippen molar-refractivity contribution in [2.45, 2.75) is 12.8 Å². The third-order valence-corrected chi connectivity index (χ3v) is 1.78. The van der Waals surface area contributed by atoms with E-state index in [0.717, 1.165) is 12.1 Å². The maximum Gasteiger partial charge on any atom is 0.303 e. The predicted octanol–water partition coefficient (Wildman–Crippen LogP) is 0.821. The molecular weight excluding hydrogens is 188 g/mol. The molecule has 0 saturated carbocycles. The molecule has 0 spiro atoms. The molecule has 5 nitrogen and oxygen atoms in total. The van der Waals surface area contributed by atoms with E-state index >= 15 is 0 Å². The second kappa shape index (κ2) is 3.87. The van der Waals surface area contributed by atoms with Gasteiger partial charge < -0.3 is 20.4 Å². The Kier molecular flexibility index (Phi) is 2.81. The Bertz CT molecular complexity index is 358. The standard InChI is InChI=1S/C9H10O5/c10-6-4-8(12)7(11)3-5(6)1-2-9(13)14/h3-4,10-12H,1-2H2,(H,13,14). The maximum absolute atomic E-state index is 10.2. The monoisotopic (exact) mass is 198 g/mol. The molecule has 0 radical (unpaired) electrons. The summed E-state index contributed by atoms with van der Waals surface area (Å²) in [4.78, 5) is 10.2. The van der Waals surface area contributed by atoms with E-state index in [1.807, 2.05) is 0 Å². The van der Waals surface area contributed by atoms with Gasteiger partial charge in [-0.05, 0) is 18.1 Å². The van der Waals surface area contributed by atoms with E-state index in [-0.39, 0.29) is 24.3 Å². The van der Waals surface area contributed by atoms with Crippen LogP contribution in [0, 0.1) is 0 Å². The summed E-state index contributed by atoms with van der Waals surface area (Å²) in [6.07, 6.45) is -0.0349. The maximum atomic E-state index is 10.2. The lowest BCUT2D eigenvalue weighted by Gasteiger charge is -2.05. The number of phenolic OH excluding ortho intramolecular Hbond substituents is 3. The molecule has 0 bridgehead atoms. The van der Waals surface area contributed by atoms with Gasteiger partial charge in [-0.1, -0.05) is 0 Å². The molecular formula is C9H10O5. The zero-order valence-corrected chi connectivity index (χ0v) is 7.27. The lowest BCUT2D eigenvalue weighted by Crippen LogP contribution is -1.97. The van der Waals surface area contributed by atoms with Crippen molar-refractivity contribution in [3.8, 4) is 17.2 Å². The van der Waals surface area contributed by atoms with E-state index in [1.54, 1.807) is 0 Å². The fourth-order valence-corrected chi connectivity index (χ4v) is 1.05. The Morgan fingerprint density at radius 1 is 1.07 bits per heavy atom. The van der Waals surface area contributed by atoms with Crippen molar-refractivity contribution in [1.29, 1.82) is 0 Å². The normalized spacial score (nSPS) is 10.0. The Labute approximate surface area is 79.9 Å². The van der Waals surface area contributed by atoms with Gasteiger partial charge in [-0.25, -0.2) is 0 Å². The van der Waals surface area contributed by atoms with Crippen LogP contribution in [-0.4, -0.2) is 26.4 Å². The van der Waals surface area contributed by atoms with Gasteiger partial charge >= 0.3 is 5.97 Å². The van der Waals surface area contributed by atoms with Crippen LogP contribution in [-0.2, 0) is 11.2 Å². The summed E-state index contributed by atoms with van der Waals surface area (Å²) in [6, 6.07) is 2.13. The van der Waals surface area contributed by atoms with Crippen LogP contribution in [0.25, 0.3) is 0 Å². The van der Waals surface area contributed by atoms with Gasteiger partial charge in [0, 0.05) is 12.5 Å². The summed E-state index contributed by atoms with van der Waals surface area (Å²) in [6.45, 7) is 0. The van der Waals surface area contributed by atoms with E-state index < -0.39 is 11.7 Å². The number of carbonyl (C=O) groups is 1.